The molecule has 3 aliphatic rings. The van der Waals surface area contributed by atoms with Crippen molar-refractivity contribution in [3.8, 4) is 6.07 Å². The van der Waals surface area contributed by atoms with E-state index in [0.29, 0.717) is 23.5 Å². The molecule has 0 aromatic carbocycles. The summed E-state index contributed by atoms with van der Waals surface area (Å²) in [6.07, 6.45) is 8.38. The number of carbonyl (C=O) groups excluding carboxylic acids is 2. The van der Waals surface area contributed by atoms with Crippen molar-refractivity contribution in [3.05, 3.63) is 16.8 Å². The highest BCUT2D eigenvalue weighted by atomic mass is 16.2. The number of anilines is 1. The van der Waals surface area contributed by atoms with Crippen LogP contribution in [0.1, 0.15) is 74.2 Å². The molecule has 0 spiro atoms. The first-order valence-electron chi connectivity index (χ1n) is 11.0. The highest BCUT2D eigenvalue weighted by molar-refractivity contribution is 5.94. The maximum Gasteiger partial charge on any atom is 0.239 e. The lowest BCUT2D eigenvalue weighted by Gasteiger charge is -2.24. The maximum absolute atomic E-state index is 12.9. The van der Waals surface area contributed by atoms with Gasteiger partial charge in [0, 0.05) is 17.8 Å². The van der Waals surface area contributed by atoms with Gasteiger partial charge >= 0.3 is 0 Å². The predicted octanol–water partition coefficient (Wildman–Crippen LogP) is 2.77. The number of hydrogen-bond donors (Lipinski definition) is 2. The van der Waals surface area contributed by atoms with Crippen LogP contribution in [0.5, 0.6) is 0 Å². The predicted molar refractivity (Wildman–Crippen MR) is 111 cm³/mol. The van der Waals surface area contributed by atoms with Gasteiger partial charge in [0.15, 0.2) is 0 Å². The van der Waals surface area contributed by atoms with Gasteiger partial charge in [-0.15, -0.1) is 0 Å². The van der Waals surface area contributed by atoms with E-state index < -0.39 is 0 Å². The Morgan fingerprint density at radius 2 is 1.83 bits per heavy atom. The van der Waals surface area contributed by atoms with Crippen LogP contribution in [0.25, 0.3) is 0 Å². The molecule has 4 rings (SSSR count). The van der Waals surface area contributed by atoms with E-state index in [4.69, 9.17) is 0 Å². The number of nitriles is 1. The Morgan fingerprint density at radius 3 is 2.48 bits per heavy atom. The zero-order valence-corrected chi connectivity index (χ0v) is 17.5. The van der Waals surface area contributed by atoms with Gasteiger partial charge in [-0.2, -0.15) is 5.26 Å². The molecule has 1 atom stereocenters. The van der Waals surface area contributed by atoms with Crippen molar-refractivity contribution in [1.82, 2.24) is 14.8 Å². The van der Waals surface area contributed by atoms with Crippen molar-refractivity contribution < 1.29 is 9.59 Å². The number of hydrogen-bond acceptors (Lipinski definition) is 4. The number of aromatic nitrogens is 1. The summed E-state index contributed by atoms with van der Waals surface area (Å²) in [7, 11) is 0. The van der Waals surface area contributed by atoms with Crippen molar-refractivity contribution in [1.29, 1.82) is 5.26 Å². The summed E-state index contributed by atoms with van der Waals surface area (Å²) < 4.78 is 2.17. The number of carbonyl (C=O) groups is 2. The largest absolute Gasteiger partial charge is 0.352 e. The fourth-order valence-electron chi connectivity index (χ4n) is 4.90. The zero-order chi connectivity index (χ0) is 20.5. The van der Waals surface area contributed by atoms with Crippen molar-refractivity contribution in [2.45, 2.75) is 83.3 Å². The van der Waals surface area contributed by atoms with E-state index in [2.05, 4.69) is 21.3 Å². The molecule has 3 fully saturated rings. The van der Waals surface area contributed by atoms with Crippen LogP contribution in [0.4, 0.5) is 5.82 Å². The van der Waals surface area contributed by atoms with E-state index in [-0.39, 0.29) is 24.4 Å². The van der Waals surface area contributed by atoms with Crippen LogP contribution in [-0.2, 0) is 9.59 Å². The minimum absolute atomic E-state index is 0.0523. The Labute approximate surface area is 172 Å². The van der Waals surface area contributed by atoms with Crippen LogP contribution in [0.15, 0.2) is 0 Å². The molecule has 1 aliphatic heterocycles. The van der Waals surface area contributed by atoms with E-state index in [9.17, 15) is 14.9 Å². The molecule has 0 bridgehead atoms. The van der Waals surface area contributed by atoms with E-state index in [1.54, 1.807) is 0 Å². The molecule has 2 amide bonds. The number of rotatable bonds is 6. The summed E-state index contributed by atoms with van der Waals surface area (Å²) in [5.41, 5.74) is 2.57. The first-order chi connectivity index (χ1) is 14.0. The minimum Gasteiger partial charge on any atom is -0.352 e. The number of likely N-dealkylation sites (tertiary alicyclic amines) is 1. The Hall–Kier alpha value is -2.33. The Morgan fingerprint density at radius 1 is 1.10 bits per heavy atom. The molecule has 1 aromatic rings. The van der Waals surface area contributed by atoms with E-state index in [0.717, 1.165) is 56.3 Å². The molecule has 7 nitrogen and oxygen atoms in total. The van der Waals surface area contributed by atoms with Gasteiger partial charge < -0.3 is 15.2 Å². The van der Waals surface area contributed by atoms with E-state index in [1.807, 2.05) is 18.7 Å². The van der Waals surface area contributed by atoms with Crippen molar-refractivity contribution in [2.24, 2.45) is 0 Å². The molecule has 1 saturated heterocycles. The molecule has 29 heavy (non-hydrogen) atoms. The van der Waals surface area contributed by atoms with Gasteiger partial charge in [-0.05, 0) is 64.5 Å². The van der Waals surface area contributed by atoms with Crippen LogP contribution in [0, 0.1) is 25.2 Å². The fraction of sp³-hybridized carbons (Fsp3) is 0.682. The smallest absolute Gasteiger partial charge is 0.239 e. The highest BCUT2D eigenvalue weighted by Gasteiger charge is 2.35. The summed E-state index contributed by atoms with van der Waals surface area (Å²) in [5, 5.41) is 15.8. The van der Waals surface area contributed by atoms with Gasteiger partial charge in [-0.25, -0.2) is 0 Å². The average molecular weight is 398 g/mol. The second kappa shape index (κ2) is 8.19. The fourth-order valence-corrected chi connectivity index (χ4v) is 4.90. The lowest BCUT2D eigenvalue weighted by molar-refractivity contribution is -0.126. The van der Waals surface area contributed by atoms with Crippen LogP contribution < -0.4 is 10.6 Å². The Bertz CT molecular complexity index is 842. The normalized spacial score (nSPS) is 22.6. The van der Waals surface area contributed by atoms with Crippen molar-refractivity contribution in [2.75, 3.05) is 18.4 Å². The molecule has 2 heterocycles. The second-order valence-electron chi connectivity index (χ2n) is 8.81. The van der Waals surface area contributed by atoms with Crippen LogP contribution >= 0.6 is 0 Å². The molecule has 1 aromatic heterocycles. The third kappa shape index (κ3) is 4.04. The topological polar surface area (TPSA) is 90.2 Å². The first kappa shape index (κ1) is 20.0. The number of amides is 2. The standard InChI is InChI=1S/C22H31N5O2/c1-14-15(2)27(17-6-3-4-7-17)21(18(14)12-23)25-20(28)13-26-11-5-8-19(26)22(29)24-16-9-10-16/h16-17,19H,3-11,13H2,1-2H3,(H,24,29)(H,25,28). The molecular formula is C22H31N5O2. The van der Waals surface area contributed by atoms with Crippen molar-refractivity contribution >= 4 is 17.6 Å². The summed E-state index contributed by atoms with van der Waals surface area (Å²) in [6, 6.07) is 2.74. The molecule has 1 unspecified atom stereocenters. The highest BCUT2D eigenvalue weighted by Crippen LogP contribution is 2.37. The maximum atomic E-state index is 12.9. The zero-order valence-electron chi connectivity index (χ0n) is 17.5. The van der Waals surface area contributed by atoms with Gasteiger partial charge in [0.25, 0.3) is 0 Å². The first-order valence-corrected chi connectivity index (χ1v) is 11.0. The minimum atomic E-state index is -0.220. The SMILES string of the molecule is Cc1c(C#N)c(NC(=O)CN2CCCC2C(=O)NC2CC2)n(C2CCCC2)c1C. The Balaban J connectivity index is 1.48. The van der Waals surface area contributed by atoms with E-state index in [1.165, 1.54) is 12.8 Å². The second-order valence-corrected chi connectivity index (χ2v) is 8.81. The lowest BCUT2D eigenvalue weighted by atomic mass is 10.2. The molecule has 2 N–H and O–H groups in total. The average Bonchev–Trinajstić information content (AvgIpc) is 3.07. The van der Waals surface area contributed by atoms with Crippen LogP contribution in [-0.4, -0.2) is 46.5 Å². The van der Waals surface area contributed by atoms with Gasteiger partial charge in [-0.1, -0.05) is 12.8 Å². The summed E-state index contributed by atoms with van der Waals surface area (Å²) in [4.78, 5) is 27.4. The van der Waals surface area contributed by atoms with Gasteiger partial charge in [0.1, 0.15) is 11.9 Å². The molecule has 7 heteroatoms. The summed E-state index contributed by atoms with van der Waals surface area (Å²) in [6.45, 7) is 4.92. The third-order valence-corrected chi connectivity index (χ3v) is 6.75. The molecule has 156 valence electrons. The number of nitrogens with zero attached hydrogens (tertiary/aromatic N) is 3. The van der Waals surface area contributed by atoms with Crippen LogP contribution in [0.3, 0.4) is 0 Å². The van der Waals surface area contributed by atoms with E-state index >= 15 is 0 Å². The third-order valence-electron chi connectivity index (χ3n) is 6.75. The Kier molecular flexibility index (Phi) is 5.64. The quantitative estimate of drug-likeness (QED) is 0.772. The van der Waals surface area contributed by atoms with Gasteiger partial charge in [0.05, 0.1) is 18.2 Å². The summed E-state index contributed by atoms with van der Waals surface area (Å²) >= 11 is 0. The molecule has 2 aliphatic carbocycles. The molecule has 2 saturated carbocycles. The van der Waals surface area contributed by atoms with Crippen molar-refractivity contribution in [3.63, 3.8) is 0 Å². The molecule has 0 radical (unpaired) electrons. The van der Waals surface area contributed by atoms with Crippen LogP contribution in [0.2, 0.25) is 0 Å². The van der Waals surface area contributed by atoms with Gasteiger partial charge in [-0.3, -0.25) is 14.5 Å². The van der Waals surface area contributed by atoms with Gasteiger partial charge in [0.2, 0.25) is 11.8 Å². The summed E-state index contributed by atoms with van der Waals surface area (Å²) in [5.74, 6) is 0.540. The lowest BCUT2D eigenvalue weighted by Crippen LogP contribution is -2.46. The monoisotopic (exact) mass is 397 g/mol. The molecular weight excluding hydrogens is 366 g/mol. The number of nitrogens with one attached hydrogen (secondary N) is 2.